The number of hydrogen-bond acceptors (Lipinski definition) is 3. The van der Waals surface area contributed by atoms with Crippen molar-refractivity contribution in [3.05, 3.63) is 102 Å². The number of rotatable bonds is 5. The first-order valence-corrected chi connectivity index (χ1v) is 11.0. The number of hydrogen-bond donors (Lipinski definition) is 0. The molecule has 4 aromatic rings. The zero-order chi connectivity index (χ0) is 21.9. The van der Waals surface area contributed by atoms with Crippen molar-refractivity contribution >= 4 is 10.9 Å². The average molecular weight is 430 g/mol. The lowest BCUT2D eigenvalue weighted by Gasteiger charge is -2.34. The zero-order valence-electron chi connectivity index (χ0n) is 17.8. The molecule has 5 heteroatoms. The molecule has 0 amide bonds. The maximum Gasteiger partial charge on any atom is 0.163 e. The van der Waals surface area contributed by atoms with E-state index >= 15 is 0 Å². The minimum atomic E-state index is -0.774. The minimum absolute atomic E-state index is 0.428. The van der Waals surface area contributed by atoms with Gasteiger partial charge in [-0.2, -0.15) is 0 Å². The molecule has 5 rings (SSSR count). The molecule has 2 heterocycles. The van der Waals surface area contributed by atoms with Gasteiger partial charge in [-0.15, -0.1) is 0 Å². The Balaban J connectivity index is 1.20. The monoisotopic (exact) mass is 429 g/mol. The van der Waals surface area contributed by atoms with Crippen LogP contribution in [0.2, 0.25) is 0 Å². The third-order valence-corrected chi connectivity index (χ3v) is 6.19. The highest BCUT2D eigenvalue weighted by Crippen LogP contribution is 2.27. The van der Waals surface area contributed by atoms with Gasteiger partial charge in [-0.05, 0) is 23.3 Å². The summed E-state index contributed by atoms with van der Waals surface area (Å²) in [6.07, 6.45) is 1.84. The van der Waals surface area contributed by atoms with Crippen LogP contribution in [-0.4, -0.2) is 41.0 Å². The lowest BCUT2D eigenvalue weighted by molar-refractivity contribution is 0.121. The lowest BCUT2D eigenvalue weighted by atomic mass is 10.0. The van der Waals surface area contributed by atoms with Crippen LogP contribution in [0.4, 0.5) is 8.78 Å². The second-order valence-corrected chi connectivity index (χ2v) is 8.34. The van der Waals surface area contributed by atoms with E-state index in [2.05, 4.69) is 63.3 Å². The molecular formula is C27H25F2N3. The van der Waals surface area contributed by atoms with Gasteiger partial charge < -0.3 is 0 Å². The van der Waals surface area contributed by atoms with Crippen molar-refractivity contribution in [1.29, 1.82) is 0 Å². The van der Waals surface area contributed by atoms with E-state index < -0.39 is 11.6 Å². The van der Waals surface area contributed by atoms with Gasteiger partial charge in [-0.25, -0.2) is 8.78 Å². The molecule has 162 valence electrons. The molecule has 0 atom stereocenters. The summed E-state index contributed by atoms with van der Waals surface area (Å²) in [5, 5.41) is 1.14. The molecular weight excluding hydrogens is 404 g/mol. The summed E-state index contributed by atoms with van der Waals surface area (Å²) >= 11 is 0. The first-order chi connectivity index (χ1) is 15.7. The number of benzene rings is 3. The van der Waals surface area contributed by atoms with E-state index in [1.165, 1.54) is 17.2 Å². The second-order valence-electron chi connectivity index (χ2n) is 8.34. The summed E-state index contributed by atoms with van der Waals surface area (Å²) in [7, 11) is 0. The first-order valence-electron chi connectivity index (χ1n) is 11.0. The molecule has 0 radical (unpaired) electrons. The predicted molar refractivity (Wildman–Crippen MR) is 124 cm³/mol. The Morgan fingerprint density at radius 3 is 2.19 bits per heavy atom. The van der Waals surface area contributed by atoms with Crippen molar-refractivity contribution in [3.8, 4) is 11.1 Å². The highest BCUT2D eigenvalue weighted by atomic mass is 19.2. The summed E-state index contributed by atoms with van der Waals surface area (Å²) in [6, 6.07) is 23.4. The number of piperazine rings is 1. The van der Waals surface area contributed by atoms with Gasteiger partial charge in [0, 0.05) is 62.0 Å². The standard InChI is InChI=1S/C27H25F2N3/c28-25-8-2-5-23(26(25)29)19-32-16-14-31(15-17-32)18-20-9-11-21(12-10-20)24-7-1-4-22-6-3-13-30-27(22)24/h1-13H,14-19H2. The molecule has 0 saturated carbocycles. The van der Waals surface area contributed by atoms with E-state index in [1.54, 1.807) is 12.1 Å². The molecule has 1 aliphatic heterocycles. The van der Waals surface area contributed by atoms with Crippen LogP contribution in [0.1, 0.15) is 11.1 Å². The van der Waals surface area contributed by atoms with Crippen LogP contribution in [0.3, 0.4) is 0 Å². The van der Waals surface area contributed by atoms with Crippen LogP contribution in [0.5, 0.6) is 0 Å². The molecule has 3 aromatic carbocycles. The van der Waals surface area contributed by atoms with Crippen molar-refractivity contribution in [2.75, 3.05) is 26.2 Å². The van der Waals surface area contributed by atoms with E-state index in [9.17, 15) is 8.78 Å². The van der Waals surface area contributed by atoms with Crippen LogP contribution in [0.15, 0.2) is 79.0 Å². The number of aromatic nitrogens is 1. The number of fused-ring (bicyclic) bond motifs is 1. The Morgan fingerprint density at radius 2 is 1.41 bits per heavy atom. The zero-order valence-corrected chi connectivity index (χ0v) is 17.8. The fourth-order valence-electron chi connectivity index (χ4n) is 4.40. The molecule has 0 N–H and O–H groups in total. The Hall–Kier alpha value is -3.15. The van der Waals surface area contributed by atoms with Gasteiger partial charge in [0.1, 0.15) is 0 Å². The average Bonchev–Trinajstić information content (AvgIpc) is 2.83. The summed E-state index contributed by atoms with van der Waals surface area (Å²) in [6.45, 7) is 4.84. The molecule has 1 aromatic heterocycles. The summed E-state index contributed by atoms with van der Waals surface area (Å²) in [5.41, 5.74) is 5.03. The molecule has 1 fully saturated rings. The van der Waals surface area contributed by atoms with Crippen LogP contribution >= 0.6 is 0 Å². The van der Waals surface area contributed by atoms with E-state index in [1.807, 2.05) is 12.3 Å². The van der Waals surface area contributed by atoms with Gasteiger partial charge in [0.15, 0.2) is 11.6 Å². The Labute approximate surface area is 186 Å². The third kappa shape index (κ3) is 4.40. The molecule has 0 bridgehead atoms. The largest absolute Gasteiger partial charge is 0.297 e. The molecule has 0 spiro atoms. The maximum absolute atomic E-state index is 13.9. The van der Waals surface area contributed by atoms with Crippen molar-refractivity contribution < 1.29 is 8.78 Å². The molecule has 1 aliphatic rings. The number of nitrogens with zero attached hydrogens (tertiary/aromatic N) is 3. The summed E-state index contributed by atoms with van der Waals surface area (Å²) < 4.78 is 27.4. The molecule has 3 nitrogen and oxygen atoms in total. The van der Waals surface area contributed by atoms with E-state index in [0.717, 1.165) is 49.2 Å². The van der Waals surface area contributed by atoms with E-state index in [4.69, 9.17) is 0 Å². The Kier molecular flexibility index (Phi) is 5.93. The van der Waals surface area contributed by atoms with E-state index in [-0.39, 0.29) is 0 Å². The van der Waals surface area contributed by atoms with Crippen molar-refractivity contribution in [2.45, 2.75) is 13.1 Å². The van der Waals surface area contributed by atoms with Gasteiger partial charge >= 0.3 is 0 Å². The minimum Gasteiger partial charge on any atom is -0.297 e. The third-order valence-electron chi connectivity index (χ3n) is 6.19. The van der Waals surface area contributed by atoms with Crippen LogP contribution in [-0.2, 0) is 13.1 Å². The van der Waals surface area contributed by atoms with Crippen molar-refractivity contribution in [3.63, 3.8) is 0 Å². The SMILES string of the molecule is Fc1cccc(CN2CCN(Cc3ccc(-c4cccc5cccnc45)cc3)CC2)c1F. The lowest BCUT2D eigenvalue weighted by Crippen LogP contribution is -2.45. The summed E-state index contributed by atoms with van der Waals surface area (Å²) in [4.78, 5) is 9.16. The molecule has 1 saturated heterocycles. The Morgan fingerprint density at radius 1 is 0.719 bits per heavy atom. The number of halogens is 2. The van der Waals surface area contributed by atoms with Gasteiger partial charge in [-0.3, -0.25) is 14.8 Å². The van der Waals surface area contributed by atoms with Gasteiger partial charge in [0.05, 0.1) is 5.52 Å². The smallest absolute Gasteiger partial charge is 0.163 e. The molecule has 0 aliphatic carbocycles. The topological polar surface area (TPSA) is 19.4 Å². The quantitative estimate of drug-likeness (QED) is 0.418. The highest BCUT2D eigenvalue weighted by molar-refractivity contribution is 5.93. The summed E-state index contributed by atoms with van der Waals surface area (Å²) in [5.74, 6) is -1.50. The van der Waals surface area contributed by atoms with Crippen molar-refractivity contribution in [2.24, 2.45) is 0 Å². The van der Waals surface area contributed by atoms with Crippen LogP contribution in [0, 0.1) is 11.6 Å². The fourth-order valence-corrected chi connectivity index (χ4v) is 4.40. The molecule has 0 unspecified atom stereocenters. The first kappa shape index (κ1) is 20.7. The predicted octanol–water partition coefficient (Wildman–Crippen LogP) is 5.50. The van der Waals surface area contributed by atoms with Crippen molar-refractivity contribution in [1.82, 2.24) is 14.8 Å². The fraction of sp³-hybridized carbons (Fsp3) is 0.222. The van der Waals surface area contributed by atoms with Crippen LogP contribution in [0.25, 0.3) is 22.0 Å². The van der Waals surface area contributed by atoms with Gasteiger partial charge in [0.2, 0.25) is 0 Å². The highest BCUT2D eigenvalue weighted by Gasteiger charge is 2.19. The van der Waals surface area contributed by atoms with Gasteiger partial charge in [-0.1, -0.05) is 60.7 Å². The maximum atomic E-state index is 13.9. The van der Waals surface area contributed by atoms with Crippen LogP contribution < -0.4 is 0 Å². The molecule has 32 heavy (non-hydrogen) atoms. The second kappa shape index (κ2) is 9.15. The van der Waals surface area contributed by atoms with Gasteiger partial charge in [0.25, 0.3) is 0 Å². The normalized spacial score (nSPS) is 15.3. The number of pyridine rings is 1. The Bertz CT molecular complexity index is 1210. The van der Waals surface area contributed by atoms with E-state index in [0.29, 0.717) is 12.1 Å². The number of para-hydroxylation sites is 1.